The van der Waals surface area contributed by atoms with Crippen LogP contribution in [0.3, 0.4) is 0 Å². The van der Waals surface area contributed by atoms with E-state index in [0.29, 0.717) is 0 Å². The van der Waals surface area contributed by atoms with Gasteiger partial charge in [-0.05, 0) is 37.8 Å². The van der Waals surface area contributed by atoms with Gasteiger partial charge in [0, 0.05) is 5.69 Å². The molecule has 2 N–H and O–H groups in total. The first-order valence-electron chi connectivity index (χ1n) is 6.44. The number of rotatable bonds is 4. The van der Waals surface area contributed by atoms with E-state index in [1.165, 1.54) is 0 Å². The lowest BCUT2D eigenvalue weighted by molar-refractivity contribution is -0.122. The normalized spacial score (nSPS) is 18.9. The SMILES string of the molecule is O=C(COC1CCC(=NO)CC1)Nc1ccccc1. The summed E-state index contributed by atoms with van der Waals surface area (Å²) in [7, 11) is 0. The Morgan fingerprint density at radius 1 is 1.32 bits per heavy atom. The summed E-state index contributed by atoms with van der Waals surface area (Å²) < 4.78 is 5.56. The summed E-state index contributed by atoms with van der Waals surface area (Å²) in [5, 5.41) is 14.6. The second-order valence-corrected chi connectivity index (χ2v) is 4.59. The Bertz CT molecular complexity index is 435. The number of ether oxygens (including phenoxy) is 1. The Balaban J connectivity index is 1.70. The highest BCUT2D eigenvalue weighted by atomic mass is 16.5. The lowest BCUT2D eigenvalue weighted by Gasteiger charge is -2.22. The Kier molecular flexibility index (Phi) is 4.92. The van der Waals surface area contributed by atoms with Crippen molar-refractivity contribution in [3.05, 3.63) is 30.3 Å². The Morgan fingerprint density at radius 3 is 2.63 bits per heavy atom. The zero-order valence-electron chi connectivity index (χ0n) is 10.7. The van der Waals surface area contributed by atoms with Crippen LogP contribution >= 0.6 is 0 Å². The molecule has 2 rings (SSSR count). The molecule has 0 aromatic heterocycles. The number of hydrogen-bond acceptors (Lipinski definition) is 4. The number of hydrogen-bond donors (Lipinski definition) is 2. The van der Waals surface area contributed by atoms with Crippen molar-refractivity contribution >= 4 is 17.3 Å². The Morgan fingerprint density at radius 2 is 2.00 bits per heavy atom. The van der Waals surface area contributed by atoms with Gasteiger partial charge in [-0.3, -0.25) is 4.79 Å². The highest BCUT2D eigenvalue weighted by Crippen LogP contribution is 2.18. The first kappa shape index (κ1) is 13.5. The number of benzene rings is 1. The fourth-order valence-corrected chi connectivity index (χ4v) is 2.10. The van der Waals surface area contributed by atoms with Crippen molar-refractivity contribution in [2.45, 2.75) is 31.8 Å². The molecule has 0 atom stereocenters. The topological polar surface area (TPSA) is 70.9 Å². The van der Waals surface area contributed by atoms with E-state index in [2.05, 4.69) is 10.5 Å². The third-order valence-corrected chi connectivity index (χ3v) is 3.16. The van der Waals surface area contributed by atoms with E-state index in [1.54, 1.807) is 0 Å². The zero-order chi connectivity index (χ0) is 13.5. The number of para-hydroxylation sites is 1. The summed E-state index contributed by atoms with van der Waals surface area (Å²) in [6, 6.07) is 9.31. The van der Waals surface area contributed by atoms with Crippen LogP contribution in [0, 0.1) is 0 Å². The van der Waals surface area contributed by atoms with Crippen LogP contribution in [-0.4, -0.2) is 29.5 Å². The van der Waals surface area contributed by atoms with Crippen molar-refractivity contribution in [2.75, 3.05) is 11.9 Å². The fraction of sp³-hybridized carbons (Fsp3) is 0.429. The number of anilines is 1. The minimum atomic E-state index is -0.146. The van der Waals surface area contributed by atoms with Gasteiger partial charge in [-0.25, -0.2) is 0 Å². The molecule has 0 heterocycles. The number of carbonyl (C=O) groups is 1. The molecule has 0 aliphatic heterocycles. The summed E-state index contributed by atoms with van der Waals surface area (Å²) in [5.41, 5.74) is 1.59. The monoisotopic (exact) mass is 262 g/mol. The third-order valence-electron chi connectivity index (χ3n) is 3.16. The smallest absolute Gasteiger partial charge is 0.250 e. The molecule has 0 radical (unpaired) electrons. The molecular formula is C14H18N2O3. The standard InChI is InChI=1S/C14H18N2O3/c17-14(15-11-4-2-1-3-5-11)10-19-13-8-6-12(16-18)7-9-13/h1-5,13,18H,6-10H2,(H,15,17). The van der Waals surface area contributed by atoms with Gasteiger partial charge in [-0.1, -0.05) is 23.4 Å². The summed E-state index contributed by atoms with van der Waals surface area (Å²) in [6.45, 7) is 0.0607. The van der Waals surface area contributed by atoms with E-state index in [9.17, 15) is 4.79 Å². The maximum absolute atomic E-state index is 11.7. The van der Waals surface area contributed by atoms with E-state index in [0.717, 1.165) is 37.1 Å². The van der Waals surface area contributed by atoms with Gasteiger partial charge in [0.15, 0.2) is 0 Å². The molecule has 1 fully saturated rings. The Hall–Kier alpha value is -1.88. The first-order chi connectivity index (χ1) is 9.28. The molecule has 1 amide bonds. The average molecular weight is 262 g/mol. The predicted octanol–water partition coefficient (Wildman–Crippen LogP) is 2.41. The lowest BCUT2D eigenvalue weighted by Crippen LogP contribution is -2.26. The number of amides is 1. The molecule has 1 saturated carbocycles. The summed E-state index contributed by atoms with van der Waals surface area (Å²) in [4.78, 5) is 11.7. The quantitative estimate of drug-likeness (QED) is 0.646. The largest absolute Gasteiger partial charge is 0.411 e. The van der Waals surface area contributed by atoms with Crippen LogP contribution in [0.15, 0.2) is 35.5 Å². The summed E-state index contributed by atoms with van der Waals surface area (Å²) in [6.07, 6.45) is 3.16. The van der Waals surface area contributed by atoms with E-state index < -0.39 is 0 Å². The van der Waals surface area contributed by atoms with Gasteiger partial charge in [-0.2, -0.15) is 0 Å². The molecule has 1 aromatic carbocycles. The predicted molar refractivity (Wildman–Crippen MR) is 72.5 cm³/mol. The van der Waals surface area contributed by atoms with Crippen molar-refractivity contribution in [1.29, 1.82) is 0 Å². The lowest BCUT2D eigenvalue weighted by atomic mass is 9.96. The number of carbonyl (C=O) groups excluding carboxylic acids is 1. The maximum atomic E-state index is 11.7. The molecule has 0 unspecified atom stereocenters. The molecule has 5 heteroatoms. The molecule has 1 aliphatic carbocycles. The van der Waals surface area contributed by atoms with Gasteiger partial charge < -0.3 is 15.3 Å². The number of oxime groups is 1. The fourth-order valence-electron chi connectivity index (χ4n) is 2.10. The zero-order valence-corrected chi connectivity index (χ0v) is 10.7. The van der Waals surface area contributed by atoms with E-state index >= 15 is 0 Å². The second-order valence-electron chi connectivity index (χ2n) is 4.59. The first-order valence-corrected chi connectivity index (χ1v) is 6.44. The van der Waals surface area contributed by atoms with Crippen molar-refractivity contribution in [3.8, 4) is 0 Å². The minimum absolute atomic E-state index is 0.0607. The summed E-state index contributed by atoms with van der Waals surface area (Å²) in [5.74, 6) is -0.146. The molecule has 1 aromatic rings. The number of nitrogens with one attached hydrogen (secondary N) is 1. The molecule has 102 valence electrons. The van der Waals surface area contributed by atoms with Crippen LogP contribution in [0.1, 0.15) is 25.7 Å². The van der Waals surface area contributed by atoms with Crippen LogP contribution in [0.25, 0.3) is 0 Å². The van der Waals surface area contributed by atoms with Gasteiger partial charge in [0.2, 0.25) is 5.91 Å². The van der Waals surface area contributed by atoms with E-state index in [4.69, 9.17) is 9.94 Å². The van der Waals surface area contributed by atoms with Crippen molar-refractivity contribution in [2.24, 2.45) is 5.16 Å². The van der Waals surface area contributed by atoms with Crippen molar-refractivity contribution in [1.82, 2.24) is 0 Å². The molecule has 0 saturated heterocycles. The molecule has 5 nitrogen and oxygen atoms in total. The second kappa shape index (κ2) is 6.89. The van der Waals surface area contributed by atoms with Crippen LogP contribution in [0.4, 0.5) is 5.69 Å². The van der Waals surface area contributed by atoms with Crippen molar-refractivity contribution in [3.63, 3.8) is 0 Å². The van der Waals surface area contributed by atoms with Crippen LogP contribution < -0.4 is 5.32 Å². The average Bonchev–Trinajstić information content (AvgIpc) is 2.47. The van der Waals surface area contributed by atoms with Gasteiger partial charge in [0.1, 0.15) is 6.61 Å². The van der Waals surface area contributed by atoms with Crippen molar-refractivity contribution < 1.29 is 14.7 Å². The van der Waals surface area contributed by atoms with Gasteiger partial charge in [-0.15, -0.1) is 0 Å². The van der Waals surface area contributed by atoms with Crippen LogP contribution in [0.2, 0.25) is 0 Å². The van der Waals surface area contributed by atoms with E-state index in [1.807, 2.05) is 30.3 Å². The molecule has 1 aliphatic rings. The van der Waals surface area contributed by atoms with E-state index in [-0.39, 0.29) is 18.6 Å². The van der Waals surface area contributed by atoms with Gasteiger partial charge >= 0.3 is 0 Å². The summed E-state index contributed by atoms with van der Waals surface area (Å²) >= 11 is 0. The highest BCUT2D eigenvalue weighted by Gasteiger charge is 2.19. The Labute approximate surface area is 112 Å². The van der Waals surface area contributed by atoms with Gasteiger partial charge in [0.25, 0.3) is 0 Å². The minimum Gasteiger partial charge on any atom is -0.411 e. The molecule has 0 spiro atoms. The number of nitrogens with zero attached hydrogens (tertiary/aromatic N) is 1. The molecule has 19 heavy (non-hydrogen) atoms. The third kappa shape index (κ3) is 4.37. The maximum Gasteiger partial charge on any atom is 0.250 e. The molecule has 0 bridgehead atoms. The van der Waals surface area contributed by atoms with Crippen LogP contribution in [0.5, 0.6) is 0 Å². The highest BCUT2D eigenvalue weighted by molar-refractivity contribution is 5.91. The molecular weight excluding hydrogens is 244 g/mol. The van der Waals surface area contributed by atoms with Gasteiger partial charge in [0.05, 0.1) is 11.8 Å². The van der Waals surface area contributed by atoms with Crippen LogP contribution in [-0.2, 0) is 9.53 Å².